The summed E-state index contributed by atoms with van der Waals surface area (Å²) in [6.45, 7) is 9.28. The van der Waals surface area contributed by atoms with Gasteiger partial charge in [-0.1, -0.05) is 78.1 Å². The van der Waals surface area contributed by atoms with Gasteiger partial charge in [0, 0.05) is 23.6 Å². The van der Waals surface area contributed by atoms with Crippen LogP contribution in [0.25, 0.3) is 0 Å². The van der Waals surface area contributed by atoms with E-state index in [1.807, 2.05) is 0 Å². The molecule has 2 atom stereocenters. The highest BCUT2D eigenvalue weighted by atomic mass is 32.2. The van der Waals surface area contributed by atoms with E-state index in [0.717, 1.165) is 0 Å². The van der Waals surface area contributed by atoms with Crippen LogP contribution in [0, 0.1) is 0 Å². The van der Waals surface area contributed by atoms with Gasteiger partial charge >= 0.3 is 0 Å². The van der Waals surface area contributed by atoms with Gasteiger partial charge in [0.1, 0.15) is 0 Å². The summed E-state index contributed by atoms with van der Waals surface area (Å²) in [4.78, 5) is 0. The maximum absolute atomic E-state index is 3.78. The van der Waals surface area contributed by atoms with Crippen molar-refractivity contribution in [2.24, 2.45) is 0 Å². The van der Waals surface area contributed by atoms with Crippen LogP contribution in [-0.2, 0) is 0 Å². The second-order valence-electron chi connectivity index (χ2n) is 7.65. The van der Waals surface area contributed by atoms with Crippen molar-refractivity contribution in [1.29, 1.82) is 0 Å². The summed E-state index contributed by atoms with van der Waals surface area (Å²) in [6.07, 6.45) is 17.0. The molecular formula is C22H47NS2. The van der Waals surface area contributed by atoms with Gasteiger partial charge in [0.05, 0.1) is 0 Å². The summed E-state index contributed by atoms with van der Waals surface area (Å²) >= 11 is 4.28. The molecule has 0 saturated heterocycles. The predicted octanol–water partition coefficient (Wildman–Crippen LogP) is 7.54. The van der Waals surface area contributed by atoms with Crippen molar-refractivity contribution in [3.8, 4) is 0 Å². The van der Waals surface area contributed by atoms with Gasteiger partial charge in [0.15, 0.2) is 0 Å². The van der Waals surface area contributed by atoms with Gasteiger partial charge in [0.2, 0.25) is 0 Å². The molecule has 0 saturated carbocycles. The van der Waals surface area contributed by atoms with Crippen LogP contribution in [0.5, 0.6) is 0 Å². The number of thioether (sulfide) groups is 2. The Morgan fingerprint density at radius 1 is 0.560 bits per heavy atom. The second-order valence-corrected chi connectivity index (χ2v) is 9.95. The topological polar surface area (TPSA) is 12.0 Å². The third kappa shape index (κ3) is 20.8. The van der Waals surface area contributed by atoms with Crippen LogP contribution in [0.4, 0.5) is 0 Å². The SMILES string of the molecule is CCCCCCCCSCC(C)NC(C)CSCCCCCCCC. The maximum Gasteiger partial charge on any atom is 0.0132 e. The Kier molecular flexibility index (Phi) is 21.5. The van der Waals surface area contributed by atoms with Crippen LogP contribution >= 0.6 is 23.5 Å². The molecule has 152 valence electrons. The Morgan fingerprint density at radius 2 is 0.920 bits per heavy atom. The molecule has 0 aromatic carbocycles. The first-order valence-electron chi connectivity index (χ1n) is 11.1. The Hall–Kier alpha value is 0.660. The molecule has 0 aliphatic heterocycles. The third-order valence-corrected chi connectivity index (χ3v) is 7.22. The van der Waals surface area contributed by atoms with Gasteiger partial charge < -0.3 is 5.32 Å². The van der Waals surface area contributed by atoms with Gasteiger partial charge in [-0.05, 0) is 38.2 Å². The second kappa shape index (κ2) is 21.0. The largest absolute Gasteiger partial charge is 0.310 e. The number of rotatable bonds is 20. The number of unbranched alkanes of at least 4 members (excludes halogenated alkanes) is 10. The molecule has 0 amide bonds. The summed E-state index contributed by atoms with van der Waals surface area (Å²) < 4.78 is 0. The van der Waals surface area contributed by atoms with Crippen molar-refractivity contribution >= 4 is 23.5 Å². The van der Waals surface area contributed by atoms with Gasteiger partial charge in [-0.3, -0.25) is 0 Å². The lowest BCUT2D eigenvalue weighted by Crippen LogP contribution is -2.37. The zero-order valence-corrected chi connectivity index (χ0v) is 19.4. The van der Waals surface area contributed by atoms with E-state index in [4.69, 9.17) is 0 Å². The molecule has 25 heavy (non-hydrogen) atoms. The highest BCUT2D eigenvalue weighted by Gasteiger charge is 2.07. The fourth-order valence-electron chi connectivity index (χ4n) is 3.07. The molecule has 3 heteroatoms. The Labute approximate surface area is 168 Å². The normalized spacial score (nSPS) is 13.9. The lowest BCUT2D eigenvalue weighted by atomic mass is 10.1. The lowest BCUT2D eigenvalue weighted by Gasteiger charge is -2.19. The minimum Gasteiger partial charge on any atom is -0.310 e. The molecule has 0 fully saturated rings. The summed E-state index contributed by atoms with van der Waals surface area (Å²) in [7, 11) is 0. The Bertz CT molecular complexity index is 224. The van der Waals surface area contributed by atoms with E-state index in [0.29, 0.717) is 12.1 Å². The smallest absolute Gasteiger partial charge is 0.0132 e. The van der Waals surface area contributed by atoms with Crippen molar-refractivity contribution in [2.45, 2.75) is 117 Å². The Balaban J connectivity index is 3.31. The highest BCUT2D eigenvalue weighted by molar-refractivity contribution is 7.99. The zero-order valence-electron chi connectivity index (χ0n) is 17.8. The quantitative estimate of drug-likeness (QED) is 0.216. The molecule has 1 nitrogen and oxygen atoms in total. The van der Waals surface area contributed by atoms with E-state index >= 15 is 0 Å². The monoisotopic (exact) mass is 389 g/mol. The minimum absolute atomic E-state index is 0.648. The van der Waals surface area contributed by atoms with Crippen LogP contribution in [0.2, 0.25) is 0 Å². The standard InChI is InChI=1S/C22H47NS2/c1-5-7-9-11-13-15-17-24-19-21(3)23-22(4)20-25-18-16-14-12-10-8-6-2/h21-23H,5-20H2,1-4H3. The Morgan fingerprint density at radius 3 is 1.32 bits per heavy atom. The molecular weight excluding hydrogens is 342 g/mol. The molecule has 0 radical (unpaired) electrons. The summed E-state index contributed by atoms with van der Waals surface area (Å²) in [5, 5.41) is 3.78. The van der Waals surface area contributed by atoms with Crippen LogP contribution in [0.15, 0.2) is 0 Å². The van der Waals surface area contributed by atoms with Crippen molar-refractivity contribution in [2.75, 3.05) is 23.0 Å². The van der Waals surface area contributed by atoms with E-state index in [1.54, 1.807) is 0 Å². The fourth-order valence-corrected chi connectivity index (χ4v) is 5.12. The molecule has 0 bridgehead atoms. The van der Waals surface area contributed by atoms with Crippen molar-refractivity contribution in [3.63, 3.8) is 0 Å². The molecule has 0 aromatic rings. The molecule has 1 N–H and O–H groups in total. The first-order chi connectivity index (χ1) is 12.2. The highest BCUT2D eigenvalue weighted by Crippen LogP contribution is 2.13. The summed E-state index contributed by atoms with van der Waals surface area (Å²) in [5.74, 6) is 5.22. The summed E-state index contributed by atoms with van der Waals surface area (Å²) in [6, 6.07) is 1.30. The average Bonchev–Trinajstić information content (AvgIpc) is 2.59. The first kappa shape index (κ1) is 25.7. The van der Waals surface area contributed by atoms with Gasteiger partial charge in [-0.25, -0.2) is 0 Å². The van der Waals surface area contributed by atoms with E-state index in [-0.39, 0.29) is 0 Å². The van der Waals surface area contributed by atoms with Crippen molar-refractivity contribution in [1.82, 2.24) is 5.32 Å². The molecule has 0 rings (SSSR count). The molecule has 0 spiro atoms. The van der Waals surface area contributed by atoms with Crippen LogP contribution in [0.3, 0.4) is 0 Å². The number of nitrogens with one attached hydrogen (secondary N) is 1. The number of hydrogen-bond acceptors (Lipinski definition) is 3. The lowest BCUT2D eigenvalue weighted by molar-refractivity contribution is 0.528. The molecule has 0 heterocycles. The van der Waals surface area contributed by atoms with Crippen LogP contribution in [0.1, 0.15) is 105 Å². The third-order valence-electron chi connectivity index (χ3n) is 4.59. The van der Waals surface area contributed by atoms with E-state index in [9.17, 15) is 0 Å². The van der Waals surface area contributed by atoms with Crippen LogP contribution < -0.4 is 5.32 Å². The van der Waals surface area contributed by atoms with E-state index in [2.05, 4.69) is 56.5 Å². The predicted molar refractivity (Wildman–Crippen MR) is 123 cm³/mol. The fraction of sp³-hybridized carbons (Fsp3) is 1.00. The zero-order chi connectivity index (χ0) is 18.6. The minimum atomic E-state index is 0.648. The average molecular weight is 390 g/mol. The van der Waals surface area contributed by atoms with Crippen LogP contribution in [-0.4, -0.2) is 35.1 Å². The summed E-state index contributed by atoms with van der Waals surface area (Å²) in [5.41, 5.74) is 0. The van der Waals surface area contributed by atoms with E-state index in [1.165, 1.54) is 100 Å². The maximum atomic E-state index is 3.78. The van der Waals surface area contributed by atoms with E-state index < -0.39 is 0 Å². The first-order valence-corrected chi connectivity index (χ1v) is 13.4. The van der Waals surface area contributed by atoms with Gasteiger partial charge in [0.25, 0.3) is 0 Å². The van der Waals surface area contributed by atoms with Crippen molar-refractivity contribution in [3.05, 3.63) is 0 Å². The molecule has 0 aromatic heterocycles. The van der Waals surface area contributed by atoms with Gasteiger partial charge in [-0.2, -0.15) is 23.5 Å². The van der Waals surface area contributed by atoms with Gasteiger partial charge in [-0.15, -0.1) is 0 Å². The molecule has 0 aliphatic rings. The van der Waals surface area contributed by atoms with Crippen molar-refractivity contribution < 1.29 is 0 Å². The number of hydrogen-bond donors (Lipinski definition) is 1. The molecule has 2 unspecified atom stereocenters. The molecule has 0 aliphatic carbocycles.